The summed E-state index contributed by atoms with van der Waals surface area (Å²) in [5.74, 6) is 1.06. The van der Waals surface area contributed by atoms with E-state index in [-0.39, 0.29) is 17.1 Å². The number of aryl methyl sites for hydroxylation is 2. The first-order valence-electron chi connectivity index (χ1n) is 11.1. The molecule has 0 amide bonds. The van der Waals surface area contributed by atoms with Gasteiger partial charge in [0.05, 0.1) is 12.2 Å². The van der Waals surface area contributed by atoms with E-state index in [4.69, 9.17) is 4.98 Å². The largest absolute Gasteiger partial charge is 0.367 e. The number of halogens is 1. The number of nitrogens with zero attached hydrogens (tertiary/aromatic N) is 6. The van der Waals surface area contributed by atoms with E-state index in [1.165, 1.54) is 17.7 Å². The molecule has 9 heteroatoms. The number of benzene rings is 1. The zero-order chi connectivity index (χ0) is 23.0. The zero-order valence-corrected chi connectivity index (χ0v) is 19.2. The van der Waals surface area contributed by atoms with Crippen molar-refractivity contribution in [2.75, 3.05) is 31.1 Å². The number of para-hydroxylation sites is 1. The molecule has 1 aliphatic heterocycles. The van der Waals surface area contributed by atoms with Gasteiger partial charge in [-0.1, -0.05) is 26.0 Å². The SMILES string of the molecule is CC(C)CCn1c(CN2CCN(c3ccccc3F)CC2)nc2c1c(=O)n(C)c(=O)n2C. The van der Waals surface area contributed by atoms with Crippen LogP contribution >= 0.6 is 0 Å². The van der Waals surface area contributed by atoms with Crippen molar-refractivity contribution in [2.45, 2.75) is 33.4 Å². The second-order valence-corrected chi connectivity index (χ2v) is 8.95. The van der Waals surface area contributed by atoms with Crippen LogP contribution in [0.5, 0.6) is 0 Å². The van der Waals surface area contributed by atoms with Crippen molar-refractivity contribution in [1.29, 1.82) is 0 Å². The van der Waals surface area contributed by atoms with Crippen LogP contribution in [0, 0.1) is 11.7 Å². The van der Waals surface area contributed by atoms with E-state index < -0.39 is 0 Å². The van der Waals surface area contributed by atoms with Crippen molar-refractivity contribution in [3.63, 3.8) is 0 Å². The van der Waals surface area contributed by atoms with Gasteiger partial charge in [0.1, 0.15) is 11.6 Å². The first-order valence-corrected chi connectivity index (χ1v) is 11.1. The molecule has 0 aliphatic carbocycles. The third-order valence-electron chi connectivity index (χ3n) is 6.29. The molecule has 1 aromatic carbocycles. The van der Waals surface area contributed by atoms with Gasteiger partial charge in [-0.2, -0.15) is 0 Å². The highest BCUT2D eigenvalue weighted by atomic mass is 19.1. The van der Waals surface area contributed by atoms with E-state index in [1.54, 1.807) is 13.1 Å². The lowest BCUT2D eigenvalue weighted by Gasteiger charge is -2.36. The molecule has 0 N–H and O–H groups in total. The summed E-state index contributed by atoms with van der Waals surface area (Å²) < 4.78 is 18.7. The number of fused-ring (bicyclic) bond motifs is 1. The van der Waals surface area contributed by atoms with Crippen LogP contribution in [-0.2, 0) is 27.2 Å². The Morgan fingerprint density at radius 2 is 1.72 bits per heavy atom. The van der Waals surface area contributed by atoms with Crippen molar-refractivity contribution >= 4 is 16.9 Å². The normalized spacial score (nSPS) is 15.2. The number of imidazole rings is 1. The highest BCUT2D eigenvalue weighted by Crippen LogP contribution is 2.21. The van der Waals surface area contributed by atoms with Crippen molar-refractivity contribution in [3.05, 3.63) is 56.7 Å². The summed E-state index contributed by atoms with van der Waals surface area (Å²) in [5.41, 5.74) is 0.864. The molecule has 1 aliphatic rings. The first kappa shape index (κ1) is 22.3. The first-order chi connectivity index (χ1) is 15.3. The molecule has 8 nitrogen and oxygen atoms in total. The minimum Gasteiger partial charge on any atom is -0.367 e. The van der Waals surface area contributed by atoms with Crippen LogP contribution in [0.4, 0.5) is 10.1 Å². The smallest absolute Gasteiger partial charge is 0.332 e. The van der Waals surface area contributed by atoms with Crippen LogP contribution in [0.2, 0.25) is 0 Å². The lowest BCUT2D eigenvalue weighted by molar-refractivity contribution is 0.240. The maximum Gasteiger partial charge on any atom is 0.332 e. The molecule has 4 rings (SSSR count). The van der Waals surface area contributed by atoms with E-state index in [9.17, 15) is 14.0 Å². The van der Waals surface area contributed by atoms with E-state index in [2.05, 4.69) is 23.6 Å². The molecule has 2 aromatic heterocycles. The second kappa shape index (κ2) is 8.90. The van der Waals surface area contributed by atoms with Gasteiger partial charge in [-0.05, 0) is 24.5 Å². The Morgan fingerprint density at radius 3 is 2.38 bits per heavy atom. The van der Waals surface area contributed by atoms with Gasteiger partial charge in [-0.3, -0.25) is 18.8 Å². The monoisotopic (exact) mass is 442 g/mol. The van der Waals surface area contributed by atoms with Gasteiger partial charge in [0.25, 0.3) is 5.56 Å². The summed E-state index contributed by atoms with van der Waals surface area (Å²) in [5, 5.41) is 0. The van der Waals surface area contributed by atoms with E-state index in [0.717, 1.165) is 29.9 Å². The summed E-state index contributed by atoms with van der Waals surface area (Å²) in [6, 6.07) is 6.86. The number of rotatable bonds is 6. The predicted octanol–water partition coefficient (Wildman–Crippen LogP) is 1.94. The highest BCUT2D eigenvalue weighted by molar-refractivity contribution is 5.71. The maximum atomic E-state index is 14.2. The van der Waals surface area contributed by atoms with Gasteiger partial charge in [0.15, 0.2) is 11.2 Å². The molecular weight excluding hydrogens is 411 g/mol. The molecule has 0 spiro atoms. The summed E-state index contributed by atoms with van der Waals surface area (Å²) in [4.78, 5) is 34.4. The van der Waals surface area contributed by atoms with Gasteiger partial charge < -0.3 is 9.47 Å². The van der Waals surface area contributed by atoms with E-state index in [1.807, 2.05) is 16.7 Å². The Bertz CT molecular complexity index is 1230. The van der Waals surface area contributed by atoms with Crippen molar-refractivity contribution < 1.29 is 4.39 Å². The average molecular weight is 443 g/mol. The molecule has 0 saturated carbocycles. The van der Waals surface area contributed by atoms with Crippen LogP contribution in [0.1, 0.15) is 26.1 Å². The molecule has 32 heavy (non-hydrogen) atoms. The van der Waals surface area contributed by atoms with Gasteiger partial charge in [-0.15, -0.1) is 0 Å². The van der Waals surface area contributed by atoms with Crippen LogP contribution in [0.15, 0.2) is 33.9 Å². The van der Waals surface area contributed by atoms with Gasteiger partial charge in [0.2, 0.25) is 0 Å². The van der Waals surface area contributed by atoms with Crippen LogP contribution < -0.4 is 16.1 Å². The molecule has 0 radical (unpaired) electrons. The molecule has 0 bridgehead atoms. The Kier molecular flexibility index (Phi) is 6.19. The molecule has 172 valence electrons. The highest BCUT2D eigenvalue weighted by Gasteiger charge is 2.24. The lowest BCUT2D eigenvalue weighted by atomic mass is 10.1. The number of anilines is 1. The third kappa shape index (κ3) is 4.09. The van der Waals surface area contributed by atoms with Crippen molar-refractivity contribution in [2.24, 2.45) is 20.0 Å². The van der Waals surface area contributed by atoms with Crippen molar-refractivity contribution in [3.8, 4) is 0 Å². The lowest BCUT2D eigenvalue weighted by Crippen LogP contribution is -2.46. The standard InChI is InChI=1S/C23H31FN6O2/c1-16(2)9-10-30-19(25-21-20(30)22(31)27(4)23(32)26(21)3)15-28-11-13-29(14-12-28)18-8-6-5-7-17(18)24/h5-8,16H,9-15H2,1-4H3. The zero-order valence-electron chi connectivity index (χ0n) is 19.2. The summed E-state index contributed by atoms with van der Waals surface area (Å²) in [7, 11) is 3.16. The fourth-order valence-electron chi connectivity index (χ4n) is 4.30. The molecule has 3 heterocycles. The fraction of sp³-hybridized carbons (Fsp3) is 0.522. The number of hydrogen-bond donors (Lipinski definition) is 0. The maximum absolute atomic E-state index is 14.2. The van der Waals surface area contributed by atoms with Crippen LogP contribution in [-0.4, -0.2) is 49.8 Å². The summed E-state index contributed by atoms with van der Waals surface area (Å²) in [6.45, 7) is 8.50. The Balaban J connectivity index is 1.61. The Labute approximate surface area is 186 Å². The quantitative estimate of drug-likeness (QED) is 0.584. The predicted molar refractivity (Wildman–Crippen MR) is 124 cm³/mol. The fourth-order valence-corrected chi connectivity index (χ4v) is 4.30. The minimum atomic E-state index is -0.374. The minimum absolute atomic E-state index is 0.201. The molecule has 3 aromatic rings. The summed E-state index contributed by atoms with van der Waals surface area (Å²) in [6.07, 6.45) is 0.908. The van der Waals surface area contributed by atoms with Crippen LogP contribution in [0.25, 0.3) is 11.2 Å². The topological polar surface area (TPSA) is 68.3 Å². The molecular formula is C23H31FN6O2. The average Bonchev–Trinajstić information content (AvgIpc) is 3.14. The molecule has 1 fully saturated rings. The van der Waals surface area contributed by atoms with Gasteiger partial charge in [-0.25, -0.2) is 14.2 Å². The Morgan fingerprint density at radius 1 is 1.03 bits per heavy atom. The summed E-state index contributed by atoms with van der Waals surface area (Å²) >= 11 is 0. The van der Waals surface area contributed by atoms with Gasteiger partial charge in [0, 0.05) is 46.8 Å². The number of piperazine rings is 1. The molecule has 0 unspecified atom stereocenters. The second-order valence-electron chi connectivity index (χ2n) is 8.95. The van der Waals surface area contributed by atoms with E-state index in [0.29, 0.717) is 48.9 Å². The molecule has 0 atom stereocenters. The van der Waals surface area contributed by atoms with Crippen molar-refractivity contribution in [1.82, 2.24) is 23.6 Å². The third-order valence-corrected chi connectivity index (χ3v) is 6.29. The molecule has 1 saturated heterocycles. The van der Waals surface area contributed by atoms with Crippen LogP contribution in [0.3, 0.4) is 0 Å². The van der Waals surface area contributed by atoms with Gasteiger partial charge >= 0.3 is 5.69 Å². The number of hydrogen-bond acceptors (Lipinski definition) is 5. The van der Waals surface area contributed by atoms with E-state index >= 15 is 0 Å². The Hall–Kier alpha value is -2.94. The number of aromatic nitrogens is 4.